The molecule has 94 valence electrons. The Labute approximate surface area is 96.2 Å². The molecule has 2 atom stereocenters. The maximum atomic E-state index is 11.3. The monoisotopic (exact) mass is 231 g/mol. The van der Waals surface area contributed by atoms with Crippen molar-refractivity contribution in [3.63, 3.8) is 0 Å². The van der Waals surface area contributed by atoms with Gasteiger partial charge in [0, 0.05) is 6.04 Å². The third-order valence-corrected chi connectivity index (χ3v) is 1.89. The quantitative estimate of drug-likeness (QED) is 0.776. The first-order chi connectivity index (χ1) is 7.11. The summed E-state index contributed by atoms with van der Waals surface area (Å²) >= 11 is 0. The topological polar surface area (TPSA) is 75.6 Å². The molecule has 0 aromatic rings. The van der Waals surface area contributed by atoms with Crippen molar-refractivity contribution >= 4 is 12.1 Å². The molecule has 0 heterocycles. The zero-order chi connectivity index (χ0) is 12.9. The minimum atomic E-state index is -0.863. The highest BCUT2D eigenvalue weighted by molar-refractivity contribution is 5.70. The third-order valence-electron chi connectivity index (χ3n) is 1.89. The number of carbonyl (C=O) groups excluding carboxylic acids is 1. The average molecular weight is 231 g/mol. The highest BCUT2D eigenvalue weighted by atomic mass is 16.6. The van der Waals surface area contributed by atoms with Crippen LogP contribution < -0.4 is 5.32 Å². The van der Waals surface area contributed by atoms with Crippen molar-refractivity contribution < 1.29 is 19.4 Å². The van der Waals surface area contributed by atoms with Gasteiger partial charge in [-0.05, 0) is 34.1 Å². The fraction of sp³-hybridized carbons (Fsp3) is 0.818. The molecule has 0 aromatic heterocycles. The lowest BCUT2D eigenvalue weighted by Gasteiger charge is -2.22. The van der Waals surface area contributed by atoms with Crippen LogP contribution in [0, 0.1) is 5.92 Å². The highest BCUT2D eigenvalue weighted by Gasteiger charge is 2.20. The minimum Gasteiger partial charge on any atom is -0.481 e. The molecule has 0 aliphatic carbocycles. The van der Waals surface area contributed by atoms with E-state index in [-0.39, 0.29) is 6.04 Å². The van der Waals surface area contributed by atoms with Gasteiger partial charge < -0.3 is 15.2 Å². The van der Waals surface area contributed by atoms with E-state index in [9.17, 15) is 9.59 Å². The van der Waals surface area contributed by atoms with E-state index >= 15 is 0 Å². The van der Waals surface area contributed by atoms with Gasteiger partial charge in [0.1, 0.15) is 5.60 Å². The van der Waals surface area contributed by atoms with Crippen LogP contribution in [0.25, 0.3) is 0 Å². The first-order valence-electron chi connectivity index (χ1n) is 5.34. The largest absolute Gasteiger partial charge is 0.481 e. The number of aliphatic carboxylic acids is 1. The predicted octanol–water partition coefficient (Wildman–Crippen LogP) is 2.01. The zero-order valence-electron chi connectivity index (χ0n) is 10.5. The molecule has 0 spiro atoms. The Kier molecular flexibility index (Phi) is 5.27. The van der Waals surface area contributed by atoms with Crippen molar-refractivity contribution in [1.29, 1.82) is 0 Å². The molecule has 5 heteroatoms. The first-order valence-corrected chi connectivity index (χ1v) is 5.34. The van der Waals surface area contributed by atoms with Gasteiger partial charge in [-0.25, -0.2) is 4.79 Å². The van der Waals surface area contributed by atoms with Crippen LogP contribution in [0.15, 0.2) is 0 Å². The number of rotatable bonds is 4. The Morgan fingerprint density at radius 2 is 1.81 bits per heavy atom. The summed E-state index contributed by atoms with van der Waals surface area (Å²) in [5.41, 5.74) is -0.539. The molecule has 1 unspecified atom stereocenters. The number of alkyl carbamates (subject to hydrolysis) is 1. The van der Waals surface area contributed by atoms with Gasteiger partial charge >= 0.3 is 12.1 Å². The van der Waals surface area contributed by atoms with E-state index in [1.54, 1.807) is 34.6 Å². The van der Waals surface area contributed by atoms with Crippen molar-refractivity contribution in [3.8, 4) is 0 Å². The normalized spacial score (nSPS) is 15.1. The van der Waals surface area contributed by atoms with Gasteiger partial charge in [0.25, 0.3) is 0 Å². The van der Waals surface area contributed by atoms with Crippen molar-refractivity contribution in [2.45, 2.75) is 52.7 Å². The van der Waals surface area contributed by atoms with Crippen molar-refractivity contribution in [1.82, 2.24) is 5.32 Å². The second-order valence-corrected chi connectivity index (χ2v) is 5.02. The zero-order valence-corrected chi connectivity index (χ0v) is 10.5. The number of carboxylic acids is 1. The molecule has 0 aliphatic heterocycles. The molecular formula is C11H21NO4. The summed E-state index contributed by atoms with van der Waals surface area (Å²) in [6.07, 6.45) is -0.133. The lowest BCUT2D eigenvalue weighted by Crippen LogP contribution is -2.38. The molecule has 1 amide bonds. The summed E-state index contributed by atoms with van der Waals surface area (Å²) in [5.74, 6) is -1.34. The second-order valence-electron chi connectivity index (χ2n) is 5.02. The number of hydrogen-bond acceptors (Lipinski definition) is 3. The molecule has 0 aromatic carbocycles. The van der Waals surface area contributed by atoms with Crippen LogP contribution in [-0.4, -0.2) is 28.8 Å². The average Bonchev–Trinajstić information content (AvgIpc) is 1.98. The maximum Gasteiger partial charge on any atom is 0.407 e. The smallest absolute Gasteiger partial charge is 0.407 e. The third kappa shape index (κ3) is 7.09. The predicted molar refractivity (Wildman–Crippen MR) is 60.2 cm³/mol. The highest BCUT2D eigenvalue weighted by Crippen LogP contribution is 2.09. The van der Waals surface area contributed by atoms with Crippen LogP contribution in [0.2, 0.25) is 0 Å². The Morgan fingerprint density at radius 1 is 1.31 bits per heavy atom. The van der Waals surface area contributed by atoms with E-state index in [4.69, 9.17) is 9.84 Å². The van der Waals surface area contributed by atoms with Crippen LogP contribution in [-0.2, 0) is 9.53 Å². The summed E-state index contributed by atoms with van der Waals surface area (Å²) in [5, 5.41) is 11.3. The number of carbonyl (C=O) groups is 2. The first kappa shape index (κ1) is 14.7. The summed E-state index contributed by atoms with van der Waals surface area (Å²) in [7, 11) is 0. The van der Waals surface area contributed by atoms with Gasteiger partial charge in [0.15, 0.2) is 0 Å². The fourth-order valence-corrected chi connectivity index (χ4v) is 1.20. The molecule has 16 heavy (non-hydrogen) atoms. The molecule has 0 rings (SSSR count). The van der Waals surface area contributed by atoms with E-state index < -0.39 is 23.6 Å². The van der Waals surface area contributed by atoms with Crippen molar-refractivity contribution in [2.75, 3.05) is 0 Å². The number of amides is 1. The maximum absolute atomic E-state index is 11.3. The van der Waals surface area contributed by atoms with E-state index in [0.717, 1.165) is 0 Å². The van der Waals surface area contributed by atoms with Gasteiger partial charge in [-0.3, -0.25) is 4.79 Å². The van der Waals surface area contributed by atoms with Gasteiger partial charge in [-0.1, -0.05) is 6.92 Å². The summed E-state index contributed by atoms with van der Waals surface area (Å²) in [6.45, 7) is 8.68. The van der Waals surface area contributed by atoms with E-state index in [1.165, 1.54) is 0 Å². The number of carboxylic acid groups (broad SMARTS) is 1. The molecule has 0 saturated heterocycles. The second kappa shape index (κ2) is 5.72. The van der Waals surface area contributed by atoms with Gasteiger partial charge in [0.05, 0.1) is 5.92 Å². The molecule has 0 saturated carbocycles. The molecule has 5 nitrogen and oxygen atoms in total. The van der Waals surface area contributed by atoms with E-state index in [1.807, 2.05) is 0 Å². The molecule has 0 aliphatic rings. The van der Waals surface area contributed by atoms with Crippen molar-refractivity contribution in [2.24, 2.45) is 5.92 Å². The Balaban J connectivity index is 4.01. The van der Waals surface area contributed by atoms with Crippen LogP contribution in [0.1, 0.15) is 41.0 Å². The molecular weight excluding hydrogens is 210 g/mol. The van der Waals surface area contributed by atoms with Crippen LogP contribution in [0.4, 0.5) is 4.79 Å². The number of ether oxygens (including phenoxy) is 1. The van der Waals surface area contributed by atoms with E-state index in [2.05, 4.69) is 5.32 Å². The van der Waals surface area contributed by atoms with Gasteiger partial charge in [-0.2, -0.15) is 0 Å². The SMILES string of the molecule is CC(C[C@H](C)NC(=O)OC(C)(C)C)C(=O)O. The lowest BCUT2D eigenvalue weighted by molar-refractivity contribution is -0.141. The van der Waals surface area contributed by atoms with Crippen LogP contribution >= 0.6 is 0 Å². The summed E-state index contributed by atoms with van der Waals surface area (Å²) in [4.78, 5) is 21.9. The van der Waals surface area contributed by atoms with Crippen molar-refractivity contribution in [3.05, 3.63) is 0 Å². The van der Waals surface area contributed by atoms with E-state index in [0.29, 0.717) is 6.42 Å². The molecule has 0 fully saturated rings. The number of hydrogen-bond donors (Lipinski definition) is 2. The Hall–Kier alpha value is -1.26. The van der Waals surface area contributed by atoms with Crippen LogP contribution in [0.5, 0.6) is 0 Å². The standard InChI is InChI=1S/C11H21NO4/c1-7(9(13)14)6-8(2)12-10(15)16-11(3,4)5/h7-8H,6H2,1-5H3,(H,12,15)(H,13,14)/t7?,8-/m0/s1. The Morgan fingerprint density at radius 3 is 2.19 bits per heavy atom. The van der Waals surface area contributed by atoms with Gasteiger partial charge in [-0.15, -0.1) is 0 Å². The summed E-state index contributed by atoms with van der Waals surface area (Å²) in [6, 6.07) is -0.221. The Bertz CT molecular complexity index is 257. The van der Waals surface area contributed by atoms with Crippen LogP contribution in [0.3, 0.4) is 0 Å². The van der Waals surface area contributed by atoms with Gasteiger partial charge in [0.2, 0.25) is 0 Å². The molecule has 0 bridgehead atoms. The summed E-state index contributed by atoms with van der Waals surface area (Å²) < 4.78 is 5.05. The molecule has 2 N–H and O–H groups in total. The molecule has 0 radical (unpaired) electrons. The number of nitrogens with one attached hydrogen (secondary N) is 1. The minimum absolute atomic E-state index is 0.221. The lowest BCUT2D eigenvalue weighted by atomic mass is 10.0. The fourth-order valence-electron chi connectivity index (χ4n) is 1.20.